The highest BCUT2D eigenvalue weighted by atomic mass is 16.5. The van der Waals surface area contributed by atoms with E-state index in [1.54, 1.807) is 11.8 Å². The zero-order chi connectivity index (χ0) is 12.7. The molecule has 96 valence electrons. The van der Waals surface area contributed by atoms with Crippen LogP contribution in [0.3, 0.4) is 0 Å². The van der Waals surface area contributed by atoms with Crippen molar-refractivity contribution in [1.29, 1.82) is 0 Å². The van der Waals surface area contributed by atoms with E-state index in [-0.39, 0.29) is 37.0 Å². The van der Waals surface area contributed by atoms with E-state index in [0.29, 0.717) is 19.6 Å². The van der Waals surface area contributed by atoms with Gasteiger partial charge in [0, 0.05) is 19.4 Å². The molecule has 0 saturated carbocycles. The molecule has 0 spiro atoms. The molecule has 0 aliphatic carbocycles. The molecule has 1 amide bonds. The van der Waals surface area contributed by atoms with Crippen molar-refractivity contribution in [2.24, 2.45) is 0 Å². The average molecular weight is 241 g/mol. The number of hydrogen-bond acceptors (Lipinski definition) is 4. The van der Waals surface area contributed by atoms with Crippen LogP contribution in [0.2, 0.25) is 0 Å². The summed E-state index contributed by atoms with van der Waals surface area (Å²) >= 11 is 0. The van der Waals surface area contributed by atoms with Gasteiger partial charge in [-0.3, -0.25) is 14.4 Å². The normalized spacial score (nSPS) is 15.8. The molecule has 0 radical (unpaired) electrons. The summed E-state index contributed by atoms with van der Waals surface area (Å²) < 4.78 is 4.73. The molecular weight excluding hydrogens is 222 g/mol. The van der Waals surface area contributed by atoms with Gasteiger partial charge in [-0.15, -0.1) is 0 Å². The largest absolute Gasteiger partial charge is 0.466 e. The maximum absolute atomic E-state index is 11.6. The minimum atomic E-state index is -0.356. The van der Waals surface area contributed by atoms with E-state index in [0.717, 1.165) is 12.8 Å². The number of rotatable bonds is 6. The second kappa shape index (κ2) is 7.04. The quantitative estimate of drug-likeness (QED) is 0.648. The van der Waals surface area contributed by atoms with Crippen LogP contribution in [0.15, 0.2) is 0 Å². The number of ketones is 1. The molecule has 5 heteroatoms. The summed E-state index contributed by atoms with van der Waals surface area (Å²) in [6, 6.07) is 0. The lowest BCUT2D eigenvalue weighted by Gasteiger charge is -2.25. The molecule has 17 heavy (non-hydrogen) atoms. The molecule has 1 rings (SSSR count). The Bertz CT molecular complexity index is 301. The van der Waals surface area contributed by atoms with Gasteiger partial charge in [-0.1, -0.05) is 0 Å². The number of nitrogens with zero attached hydrogens (tertiary/aromatic N) is 1. The van der Waals surface area contributed by atoms with Gasteiger partial charge in [0.2, 0.25) is 5.91 Å². The molecule has 0 N–H and O–H groups in total. The highest BCUT2D eigenvalue weighted by molar-refractivity contribution is 5.88. The van der Waals surface area contributed by atoms with Crippen LogP contribution in [-0.2, 0) is 19.1 Å². The minimum Gasteiger partial charge on any atom is -0.466 e. The second-order valence-corrected chi connectivity index (χ2v) is 4.12. The van der Waals surface area contributed by atoms with Crippen LogP contribution >= 0.6 is 0 Å². The number of esters is 1. The third-order valence-corrected chi connectivity index (χ3v) is 2.70. The summed E-state index contributed by atoms with van der Waals surface area (Å²) in [6.07, 6.45) is 2.66. The van der Waals surface area contributed by atoms with Crippen molar-refractivity contribution in [3.8, 4) is 0 Å². The lowest BCUT2D eigenvalue weighted by atomic mass is 10.1. The number of carbonyl (C=O) groups excluding carboxylic acids is 3. The van der Waals surface area contributed by atoms with E-state index in [1.807, 2.05) is 0 Å². The van der Waals surface area contributed by atoms with Crippen molar-refractivity contribution >= 4 is 17.7 Å². The van der Waals surface area contributed by atoms with Crippen molar-refractivity contribution in [3.63, 3.8) is 0 Å². The van der Waals surface area contributed by atoms with Crippen LogP contribution in [-0.4, -0.2) is 42.3 Å². The third kappa shape index (κ3) is 4.97. The number of carbonyl (C=O) groups is 3. The summed E-state index contributed by atoms with van der Waals surface area (Å²) in [5, 5.41) is 0. The van der Waals surface area contributed by atoms with Gasteiger partial charge in [-0.2, -0.15) is 0 Å². The van der Waals surface area contributed by atoms with Gasteiger partial charge in [0.1, 0.15) is 0 Å². The summed E-state index contributed by atoms with van der Waals surface area (Å²) in [5.74, 6) is -0.389. The van der Waals surface area contributed by atoms with Gasteiger partial charge in [-0.25, -0.2) is 0 Å². The molecule has 0 unspecified atom stereocenters. The highest BCUT2D eigenvalue weighted by Crippen LogP contribution is 2.10. The van der Waals surface area contributed by atoms with E-state index in [4.69, 9.17) is 4.74 Å². The number of Topliss-reactive ketones (excluding diaryl/α,β-unsaturated/α-hetero) is 1. The molecule has 0 atom stereocenters. The molecule has 0 aromatic carbocycles. The standard InChI is InChI=1S/C12H19NO4/c1-2-17-12(16)7-6-10(14)9-13-8-4-3-5-11(13)15/h2-9H2,1H3. The highest BCUT2D eigenvalue weighted by Gasteiger charge is 2.20. The molecule has 1 heterocycles. The minimum absolute atomic E-state index is 0.0423. The van der Waals surface area contributed by atoms with E-state index in [2.05, 4.69) is 0 Å². The monoisotopic (exact) mass is 241 g/mol. The predicted octanol–water partition coefficient (Wildman–Crippen LogP) is 0.911. The molecule has 5 nitrogen and oxygen atoms in total. The summed E-state index contributed by atoms with van der Waals surface area (Å²) in [6.45, 7) is 2.85. The fraction of sp³-hybridized carbons (Fsp3) is 0.750. The zero-order valence-electron chi connectivity index (χ0n) is 10.2. The van der Waals surface area contributed by atoms with Crippen LogP contribution < -0.4 is 0 Å². The smallest absolute Gasteiger partial charge is 0.306 e. The SMILES string of the molecule is CCOC(=O)CCC(=O)CN1CCCCC1=O. The Morgan fingerprint density at radius 3 is 2.71 bits per heavy atom. The lowest BCUT2D eigenvalue weighted by molar-refractivity contribution is -0.144. The van der Waals surface area contributed by atoms with Crippen molar-refractivity contribution in [2.75, 3.05) is 19.7 Å². The van der Waals surface area contributed by atoms with Gasteiger partial charge in [0.05, 0.1) is 19.6 Å². The van der Waals surface area contributed by atoms with Crippen LogP contribution in [0.4, 0.5) is 0 Å². The maximum Gasteiger partial charge on any atom is 0.306 e. The van der Waals surface area contributed by atoms with Gasteiger partial charge in [0.25, 0.3) is 0 Å². The van der Waals surface area contributed by atoms with Gasteiger partial charge >= 0.3 is 5.97 Å². The first-order valence-electron chi connectivity index (χ1n) is 6.08. The van der Waals surface area contributed by atoms with E-state index >= 15 is 0 Å². The van der Waals surface area contributed by atoms with E-state index < -0.39 is 0 Å². The first-order valence-corrected chi connectivity index (χ1v) is 6.08. The number of likely N-dealkylation sites (tertiary alicyclic amines) is 1. The number of piperidine rings is 1. The average Bonchev–Trinajstić information content (AvgIpc) is 2.30. The molecule has 0 aromatic rings. The van der Waals surface area contributed by atoms with E-state index in [9.17, 15) is 14.4 Å². The zero-order valence-corrected chi connectivity index (χ0v) is 10.2. The Balaban J connectivity index is 2.24. The second-order valence-electron chi connectivity index (χ2n) is 4.12. The van der Waals surface area contributed by atoms with Crippen molar-refractivity contribution < 1.29 is 19.1 Å². The fourth-order valence-corrected chi connectivity index (χ4v) is 1.80. The Kier molecular flexibility index (Phi) is 5.66. The van der Waals surface area contributed by atoms with Crippen LogP contribution in [0.5, 0.6) is 0 Å². The van der Waals surface area contributed by atoms with Gasteiger partial charge in [0.15, 0.2) is 5.78 Å². The maximum atomic E-state index is 11.6. The summed E-state index contributed by atoms with van der Waals surface area (Å²) in [5.41, 5.74) is 0. The van der Waals surface area contributed by atoms with Gasteiger partial charge < -0.3 is 9.64 Å². The number of ether oxygens (including phenoxy) is 1. The summed E-state index contributed by atoms with van der Waals surface area (Å²) in [4.78, 5) is 35.6. The Morgan fingerprint density at radius 1 is 1.29 bits per heavy atom. The van der Waals surface area contributed by atoms with E-state index in [1.165, 1.54) is 0 Å². The number of amides is 1. The van der Waals surface area contributed by atoms with Crippen LogP contribution in [0, 0.1) is 0 Å². The molecule has 0 aromatic heterocycles. The summed E-state index contributed by atoms with van der Waals surface area (Å²) in [7, 11) is 0. The van der Waals surface area contributed by atoms with Crippen molar-refractivity contribution in [2.45, 2.75) is 39.0 Å². The molecule has 1 saturated heterocycles. The van der Waals surface area contributed by atoms with Gasteiger partial charge in [-0.05, 0) is 19.8 Å². The third-order valence-electron chi connectivity index (χ3n) is 2.70. The topological polar surface area (TPSA) is 63.7 Å². The Labute approximate surface area is 101 Å². The lowest BCUT2D eigenvalue weighted by Crippen LogP contribution is -2.39. The molecule has 1 fully saturated rings. The molecule has 1 aliphatic heterocycles. The van der Waals surface area contributed by atoms with Crippen molar-refractivity contribution in [1.82, 2.24) is 4.90 Å². The van der Waals surface area contributed by atoms with Crippen molar-refractivity contribution in [3.05, 3.63) is 0 Å². The Hall–Kier alpha value is -1.39. The number of hydrogen-bond donors (Lipinski definition) is 0. The Morgan fingerprint density at radius 2 is 2.06 bits per heavy atom. The molecule has 0 bridgehead atoms. The molecular formula is C12H19NO4. The predicted molar refractivity (Wildman–Crippen MR) is 61.3 cm³/mol. The first kappa shape index (κ1) is 13.7. The van der Waals surface area contributed by atoms with Crippen LogP contribution in [0.25, 0.3) is 0 Å². The fourth-order valence-electron chi connectivity index (χ4n) is 1.80. The van der Waals surface area contributed by atoms with Crippen LogP contribution in [0.1, 0.15) is 39.0 Å². The molecule has 1 aliphatic rings. The first-order chi connectivity index (χ1) is 8.13.